The van der Waals surface area contributed by atoms with Gasteiger partial charge in [-0.3, -0.25) is 0 Å². The minimum atomic E-state index is -2.36. The zero-order valence-corrected chi connectivity index (χ0v) is 15.8. The van der Waals surface area contributed by atoms with Crippen LogP contribution in [-0.4, -0.2) is 5.92 Å². The van der Waals surface area contributed by atoms with E-state index in [1.165, 1.54) is 12.8 Å². The highest BCUT2D eigenvalue weighted by Crippen LogP contribution is 2.53. The minimum absolute atomic E-state index is 0.113. The molecule has 1 unspecified atom stereocenters. The summed E-state index contributed by atoms with van der Waals surface area (Å²) >= 11 is 0. The van der Waals surface area contributed by atoms with Gasteiger partial charge in [0.2, 0.25) is 5.92 Å². The lowest BCUT2D eigenvalue weighted by atomic mass is 9.78. The summed E-state index contributed by atoms with van der Waals surface area (Å²) in [5.74, 6) is -0.389. The molecule has 2 fully saturated rings. The molecule has 1 aromatic carbocycles. The third-order valence-corrected chi connectivity index (χ3v) is 6.45. The summed E-state index contributed by atoms with van der Waals surface area (Å²) in [6, 6.07) is 10.9. The molecule has 2 aliphatic rings. The number of rotatable bonds is 4. The lowest BCUT2D eigenvalue weighted by molar-refractivity contribution is -0.0515. The average molecular weight is 337 g/mol. The van der Waals surface area contributed by atoms with Gasteiger partial charge in [0.25, 0.3) is 0 Å². The number of hydrogen-bond donors (Lipinski definition) is 0. The molecular weight excluding hydrogens is 302 g/mol. The molecule has 136 valence electrons. The summed E-state index contributed by atoms with van der Waals surface area (Å²) < 4.78 is 25.5. The van der Waals surface area contributed by atoms with Crippen LogP contribution in [0.1, 0.15) is 78.2 Å². The van der Waals surface area contributed by atoms with Gasteiger partial charge >= 0.3 is 0 Å². The second-order valence-corrected chi connectivity index (χ2v) is 8.26. The highest BCUT2D eigenvalue weighted by atomic mass is 19.3. The maximum absolute atomic E-state index is 12.7. The number of hydrogen-bond acceptors (Lipinski definition) is 0. The molecule has 0 nitrogen and oxygen atoms in total. The Labute approximate surface area is 147 Å². The Kier molecular flexibility index (Phi) is 6.45. The van der Waals surface area contributed by atoms with E-state index >= 15 is 0 Å². The molecule has 0 heterocycles. The Hall–Kier alpha value is -0.920. The quantitative estimate of drug-likeness (QED) is 0.544. The maximum Gasteiger partial charge on any atom is 0.248 e. The minimum Gasteiger partial charge on any atom is -0.207 e. The molecule has 2 saturated carbocycles. The first-order valence-corrected chi connectivity index (χ1v) is 9.74. The van der Waals surface area contributed by atoms with E-state index in [-0.39, 0.29) is 12.8 Å². The molecule has 0 spiro atoms. The number of halogens is 2. The molecular formula is C22H34F2. The number of benzene rings is 1. The van der Waals surface area contributed by atoms with Gasteiger partial charge in [0.1, 0.15) is 0 Å². The van der Waals surface area contributed by atoms with Crippen molar-refractivity contribution in [3.8, 4) is 0 Å². The fourth-order valence-corrected chi connectivity index (χ4v) is 4.07. The van der Waals surface area contributed by atoms with Gasteiger partial charge in [-0.05, 0) is 54.4 Å². The standard InChI is InChI=1S/C12H16.C10H18F2/c1-10(2)12(8-9-12)11-6-4-3-5-7-11;1-3-8(2)9-4-6-10(11,12)7-5-9/h3-7,10H,8-9H2,1-2H3;8-9H,3-7H2,1-2H3. The summed E-state index contributed by atoms with van der Waals surface area (Å²) in [5.41, 5.74) is 2.08. The Bertz CT molecular complexity index is 478. The van der Waals surface area contributed by atoms with Crippen molar-refractivity contribution >= 4 is 0 Å². The van der Waals surface area contributed by atoms with Crippen molar-refractivity contribution in [2.45, 2.75) is 84.0 Å². The fraction of sp³-hybridized carbons (Fsp3) is 0.727. The predicted molar refractivity (Wildman–Crippen MR) is 98.6 cm³/mol. The van der Waals surface area contributed by atoms with Crippen LogP contribution >= 0.6 is 0 Å². The summed E-state index contributed by atoms with van der Waals surface area (Å²) in [4.78, 5) is 0. The molecule has 1 aromatic rings. The first-order valence-electron chi connectivity index (χ1n) is 9.74. The molecule has 0 N–H and O–H groups in total. The first kappa shape index (κ1) is 19.4. The van der Waals surface area contributed by atoms with E-state index in [0.29, 0.717) is 17.3 Å². The van der Waals surface area contributed by atoms with Gasteiger partial charge in [-0.15, -0.1) is 0 Å². The third kappa shape index (κ3) is 4.80. The monoisotopic (exact) mass is 336 g/mol. The van der Waals surface area contributed by atoms with Gasteiger partial charge in [-0.25, -0.2) is 8.78 Å². The first-order chi connectivity index (χ1) is 11.3. The molecule has 2 aliphatic carbocycles. The van der Waals surface area contributed by atoms with Gasteiger partial charge < -0.3 is 0 Å². The van der Waals surface area contributed by atoms with Crippen LogP contribution < -0.4 is 0 Å². The van der Waals surface area contributed by atoms with Crippen LogP contribution in [0.25, 0.3) is 0 Å². The Morgan fingerprint density at radius 1 is 0.958 bits per heavy atom. The van der Waals surface area contributed by atoms with E-state index in [1.807, 2.05) is 0 Å². The number of alkyl halides is 2. The van der Waals surface area contributed by atoms with E-state index in [9.17, 15) is 8.78 Å². The summed E-state index contributed by atoms with van der Waals surface area (Å²) in [6.45, 7) is 8.98. The average Bonchev–Trinajstić information content (AvgIpc) is 3.37. The zero-order chi connectivity index (χ0) is 17.8. The normalized spacial score (nSPS) is 23.3. The van der Waals surface area contributed by atoms with Crippen LogP contribution in [0.5, 0.6) is 0 Å². The summed E-state index contributed by atoms with van der Waals surface area (Å²) in [7, 11) is 0. The van der Waals surface area contributed by atoms with Crippen molar-refractivity contribution in [3.05, 3.63) is 35.9 Å². The molecule has 0 saturated heterocycles. The van der Waals surface area contributed by atoms with Crippen molar-refractivity contribution < 1.29 is 8.78 Å². The highest BCUT2D eigenvalue weighted by Gasteiger charge is 2.46. The van der Waals surface area contributed by atoms with Crippen LogP contribution in [0.15, 0.2) is 30.3 Å². The lowest BCUT2D eigenvalue weighted by Crippen LogP contribution is -2.27. The largest absolute Gasteiger partial charge is 0.248 e. The second-order valence-electron chi connectivity index (χ2n) is 8.26. The zero-order valence-electron chi connectivity index (χ0n) is 15.8. The van der Waals surface area contributed by atoms with E-state index in [2.05, 4.69) is 58.0 Å². The molecule has 1 atom stereocenters. The van der Waals surface area contributed by atoms with Crippen LogP contribution in [0.2, 0.25) is 0 Å². The third-order valence-electron chi connectivity index (χ3n) is 6.45. The molecule has 24 heavy (non-hydrogen) atoms. The SMILES string of the molecule is CC(C)C1(c2ccccc2)CC1.CCC(C)C1CCC(F)(F)CC1. The van der Waals surface area contributed by atoms with Crippen LogP contribution in [0, 0.1) is 17.8 Å². The van der Waals surface area contributed by atoms with E-state index in [0.717, 1.165) is 25.2 Å². The van der Waals surface area contributed by atoms with Gasteiger partial charge in [0.05, 0.1) is 0 Å². The van der Waals surface area contributed by atoms with E-state index in [1.54, 1.807) is 5.56 Å². The molecule has 0 bridgehead atoms. The van der Waals surface area contributed by atoms with E-state index < -0.39 is 5.92 Å². The molecule has 3 rings (SSSR count). The summed E-state index contributed by atoms with van der Waals surface area (Å²) in [6.07, 6.45) is 5.56. The van der Waals surface area contributed by atoms with Gasteiger partial charge in [0.15, 0.2) is 0 Å². The van der Waals surface area contributed by atoms with Gasteiger partial charge in [-0.1, -0.05) is 64.4 Å². The van der Waals surface area contributed by atoms with Crippen molar-refractivity contribution in [2.75, 3.05) is 0 Å². The molecule has 0 radical (unpaired) electrons. The van der Waals surface area contributed by atoms with Crippen molar-refractivity contribution in [1.29, 1.82) is 0 Å². The summed E-state index contributed by atoms with van der Waals surface area (Å²) in [5, 5.41) is 0. The Morgan fingerprint density at radius 2 is 1.50 bits per heavy atom. The molecule has 0 aliphatic heterocycles. The van der Waals surface area contributed by atoms with Crippen LogP contribution in [0.3, 0.4) is 0 Å². The van der Waals surface area contributed by atoms with Crippen molar-refractivity contribution in [1.82, 2.24) is 0 Å². The van der Waals surface area contributed by atoms with Crippen LogP contribution in [-0.2, 0) is 5.41 Å². The maximum atomic E-state index is 12.7. The van der Waals surface area contributed by atoms with Gasteiger partial charge in [-0.2, -0.15) is 0 Å². The van der Waals surface area contributed by atoms with Crippen molar-refractivity contribution in [2.24, 2.45) is 17.8 Å². The molecule has 2 heteroatoms. The van der Waals surface area contributed by atoms with Crippen LogP contribution in [0.4, 0.5) is 8.78 Å². The fourth-order valence-electron chi connectivity index (χ4n) is 4.07. The smallest absolute Gasteiger partial charge is 0.207 e. The predicted octanol–water partition coefficient (Wildman–Crippen LogP) is 7.23. The lowest BCUT2D eigenvalue weighted by Gasteiger charge is -2.31. The highest BCUT2D eigenvalue weighted by molar-refractivity contribution is 5.31. The Morgan fingerprint density at radius 3 is 1.92 bits per heavy atom. The van der Waals surface area contributed by atoms with E-state index in [4.69, 9.17) is 0 Å². The Balaban J connectivity index is 0.000000174. The van der Waals surface area contributed by atoms with Crippen molar-refractivity contribution in [3.63, 3.8) is 0 Å². The van der Waals surface area contributed by atoms with Gasteiger partial charge in [0, 0.05) is 12.8 Å². The molecule has 0 amide bonds. The molecule has 0 aromatic heterocycles. The topological polar surface area (TPSA) is 0 Å². The second kappa shape index (κ2) is 7.97.